The molecule has 0 aliphatic rings. The van der Waals surface area contributed by atoms with Crippen LogP contribution in [0.2, 0.25) is 0 Å². The Morgan fingerprint density at radius 3 is 1.32 bits per heavy atom. The lowest BCUT2D eigenvalue weighted by Crippen LogP contribution is -2.06. The third kappa shape index (κ3) is 16.3. The molecule has 0 unspecified atom stereocenters. The highest BCUT2D eigenvalue weighted by molar-refractivity contribution is 5.97. The number of aromatic amines is 5. The fourth-order valence-electron chi connectivity index (χ4n) is 8.22. The molecule has 0 aliphatic carbocycles. The number of aryl methyl sites for hydroxylation is 2. The molecule has 9 aromatic heterocycles. The van der Waals surface area contributed by atoms with Gasteiger partial charge < -0.3 is 42.4 Å². The largest absolute Gasteiger partial charge is 0.478 e. The number of benzene rings is 4. The first kappa shape index (κ1) is 65.8. The average Bonchev–Trinajstić information content (AvgIpc) is 1.73. The Labute approximate surface area is 520 Å². The van der Waals surface area contributed by atoms with Gasteiger partial charge in [0.25, 0.3) is 11.4 Å². The highest BCUT2D eigenvalue weighted by Gasteiger charge is 2.19. The van der Waals surface area contributed by atoms with Crippen LogP contribution in [0.4, 0.5) is 46.1 Å². The number of ketones is 1. The minimum atomic E-state index is -1.24. The Hall–Kier alpha value is -13.2. The molecule has 0 atom stereocenters. The Morgan fingerprint density at radius 2 is 0.914 bits per heavy atom. The summed E-state index contributed by atoms with van der Waals surface area (Å²) < 4.78 is 53.6. The number of nitrogens with one attached hydrogen (secondary N) is 5. The average molecular weight is 1270 g/mol. The number of aromatic carboxylic acids is 2. The summed E-state index contributed by atoms with van der Waals surface area (Å²) >= 11 is 0. The van der Waals surface area contributed by atoms with Gasteiger partial charge in [0.2, 0.25) is 0 Å². The number of carboxylic acids is 2. The van der Waals surface area contributed by atoms with Crippen molar-refractivity contribution in [2.75, 3.05) is 17.2 Å². The first-order valence-corrected chi connectivity index (χ1v) is 27.0. The van der Waals surface area contributed by atoms with Crippen molar-refractivity contribution in [1.82, 2.24) is 70.2 Å². The molecule has 0 saturated carbocycles. The Balaban J connectivity index is 0.000000149. The Kier molecular flexibility index (Phi) is 20.7. The second kappa shape index (κ2) is 29.2. The number of nitrogen functional groups attached to an aromatic ring is 3. The Morgan fingerprint density at radius 1 is 0.505 bits per heavy atom. The van der Waals surface area contributed by atoms with E-state index in [-0.39, 0.29) is 58.0 Å². The topological polar surface area (TPSA) is 451 Å². The summed E-state index contributed by atoms with van der Waals surface area (Å²) in [4.78, 5) is 90.0. The highest BCUT2D eigenvalue weighted by Crippen LogP contribution is 2.27. The summed E-state index contributed by atoms with van der Waals surface area (Å²) in [5.41, 5.74) is 24.9. The number of nitro groups is 2. The molecule has 0 fully saturated rings. The van der Waals surface area contributed by atoms with Gasteiger partial charge in [-0.1, -0.05) is 48.5 Å². The van der Waals surface area contributed by atoms with Gasteiger partial charge in [0.15, 0.2) is 28.4 Å². The van der Waals surface area contributed by atoms with Gasteiger partial charge in [0.05, 0.1) is 66.2 Å². The van der Waals surface area contributed by atoms with E-state index in [1.807, 2.05) is 19.9 Å². The highest BCUT2D eigenvalue weighted by atomic mass is 19.1. The van der Waals surface area contributed by atoms with Crippen molar-refractivity contribution in [3.05, 3.63) is 235 Å². The zero-order valence-electron chi connectivity index (χ0n) is 49.0. The smallest absolute Gasteiger partial charge is 0.356 e. The molecule has 9 heterocycles. The molecule has 93 heavy (non-hydrogen) atoms. The minimum absolute atomic E-state index is 0.0816. The third-order valence-electron chi connectivity index (χ3n) is 13.3. The normalized spacial score (nSPS) is 10.5. The SMILES string of the molecule is Cc1[nH]nc(C(=O)Cc2cnc3nc(-c4ccccc4F)[nH]c3c2)c1C.Cc1[nH]nc(C(=O)O)c1C.Nc1cc([N+](=O)[O-])cnc1N.Nc1cnc2nc(-c3ccccc3F)[nH]c2c1.O=C(O)c1ccccc1F.O=[N+]([O-])c1cnc2nc(-c3ccccc3F)[nH]c2c1. The van der Waals surface area contributed by atoms with E-state index in [1.165, 1.54) is 54.7 Å². The number of aromatic nitrogens is 14. The van der Waals surface area contributed by atoms with Crippen LogP contribution in [-0.2, 0) is 6.42 Å². The number of carboxylic acid groups (broad SMARTS) is 2. The van der Waals surface area contributed by atoms with Gasteiger partial charge in [-0.3, -0.25) is 35.2 Å². The number of H-pyrrole nitrogens is 5. The van der Waals surface area contributed by atoms with Crippen LogP contribution in [0, 0.1) is 71.2 Å². The third-order valence-corrected chi connectivity index (χ3v) is 13.3. The van der Waals surface area contributed by atoms with Crippen molar-refractivity contribution in [1.29, 1.82) is 0 Å². The van der Waals surface area contributed by atoms with Crippen LogP contribution in [-0.4, -0.2) is 108 Å². The number of rotatable bonds is 10. The number of imidazole rings is 3. The fourth-order valence-corrected chi connectivity index (χ4v) is 8.22. The number of nitrogens with two attached hydrogens (primary N) is 3. The lowest BCUT2D eigenvalue weighted by atomic mass is 10.1. The summed E-state index contributed by atoms with van der Waals surface area (Å²) in [6.07, 6.45) is 5.50. The van der Waals surface area contributed by atoms with Crippen molar-refractivity contribution in [3.8, 4) is 34.2 Å². The van der Waals surface area contributed by atoms with Crippen LogP contribution in [0.25, 0.3) is 67.7 Å². The van der Waals surface area contributed by atoms with Crippen LogP contribution >= 0.6 is 0 Å². The molecule has 0 aliphatic heterocycles. The quantitative estimate of drug-likeness (QED) is 0.0263. The molecular weight excluding hydrogens is 1220 g/mol. The number of hydrogen-bond donors (Lipinski definition) is 10. The van der Waals surface area contributed by atoms with E-state index in [1.54, 1.807) is 80.7 Å². The van der Waals surface area contributed by atoms with Gasteiger partial charge in [-0.2, -0.15) is 10.2 Å². The monoisotopic (exact) mass is 1270 g/mol. The molecule has 13 rings (SSSR count). The second-order valence-corrected chi connectivity index (χ2v) is 19.6. The summed E-state index contributed by atoms with van der Waals surface area (Å²) in [5, 5.41) is 50.7. The minimum Gasteiger partial charge on any atom is -0.478 e. The lowest BCUT2D eigenvalue weighted by Gasteiger charge is -2.00. The molecule has 32 heteroatoms. The zero-order valence-corrected chi connectivity index (χ0v) is 49.0. The number of Topliss-reactive ketones (excluding diaryl/α,β-unsaturated/α-hetero) is 1. The molecule has 472 valence electrons. The first-order valence-electron chi connectivity index (χ1n) is 27.0. The van der Waals surface area contributed by atoms with Crippen LogP contribution in [0.3, 0.4) is 0 Å². The summed E-state index contributed by atoms with van der Waals surface area (Å²) in [5.74, 6) is -2.83. The maximum absolute atomic E-state index is 13.9. The fraction of sp³-hybridized carbons (Fsp3) is 0.0820. The summed E-state index contributed by atoms with van der Waals surface area (Å²) in [6, 6.07) is 30.3. The maximum atomic E-state index is 13.9. The molecule has 0 saturated heterocycles. The van der Waals surface area contributed by atoms with Crippen molar-refractivity contribution in [3.63, 3.8) is 0 Å². The number of anilines is 3. The predicted molar refractivity (Wildman–Crippen MR) is 333 cm³/mol. The molecule has 0 spiro atoms. The molecular formula is C61H51F4N19O9. The zero-order chi connectivity index (χ0) is 67.2. The molecule has 0 radical (unpaired) electrons. The number of fused-ring (bicyclic) bond motifs is 3. The van der Waals surface area contributed by atoms with E-state index >= 15 is 0 Å². The number of pyridine rings is 4. The Bertz CT molecular complexity index is 4910. The summed E-state index contributed by atoms with van der Waals surface area (Å²) in [6.45, 7) is 7.25. The van der Waals surface area contributed by atoms with Crippen molar-refractivity contribution < 1.29 is 52.0 Å². The van der Waals surface area contributed by atoms with Crippen molar-refractivity contribution in [2.45, 2.75) is 34.1 Å². The predicted octanol–water partition coefficient (Wildman–Crippen LogP) is 11.0. The van der Waals surface area contributed by atoms with Gasteiger partial charge >= 0.3 is 11.9 Å². The van der Waals surface area contributed by atoms with Gasteiger partial charge in [-0.15, -0.1) is 0 Å². The lowest BCUT2D eigenvalue weighted by molar-refractivity contribution is -0.385. The number of hydrogen-bond acceptors (Lipinski definition) is 19. The van der Waals surface area contributed by atoms with Crippen LogP contribution in [0.5, 0.6) is 0 Å². The van der Waals surface area contributed by atoms with Crippen molar-refractivity contribution >= 4 is 79.8 Å². The van der Waals surface area contributed by atoms with Gasteiger partial charge in [-0.05, 0) is 93.9 Å². The van der Waals surface area contributed by atoms with Crippen LogP contribution in [0.15, 0.2) is 146 Å². The summed E-state index contributed by atoms with van der Waals surface area (Å²) in [7, 11) is 0. The maximum Gasteiger partial charge on any atom is 0.356 e. The molecule has 13 N–H and O–H groups in total. The molecule has 0 bridgehead atoms. The molecule has 13 aromatic rings. The number of carbonyl (C=O) groups is 3. The van der Waals surface area contributed by atoms with Gasteiger partial charge in [0, 0.05) is 47.3 Å². The standard InChI is InChI=1S/C19H16FN5O.C12H7FN4O2.C12H9FN4.C7H5FO2.C6H8N2O2.C5H6N4O2/c1-10-11(2)24-25-17(10)16(26)8-12-7-15-19(21-9-12)23-18(22-15)13-5-3-4-6-14(13)20;13-9-4-2-1-3-8(9)11-15-10-5-7(17(18)19)6-14-12(10)16-11;13-9-4-2-1-3-8(9)11-16-10-5-7(14)6-15-12(10)17-11;8-6-4-2-1-3-5(6)7(9)10;1-3-4(2)7-8-5(3)6(9)10;6-4-1-3(9(10)11)2-8-5(4)7/h3-7,9H,8H2,1-2H3,(H,24,25)(H,21,22,23);1-6H,(H,14,15,16);1-6H,14H2,(H,15,16,17);1-4H,(H,9,10);1-2H3,(H,7,8)(H,9,10);1-2H,6H2,(H2,7,8). The van der Waals surface area contributed by atoms with Gasteiger partial charge in [0.1, 0.15) is 64.6 Å². The van der Waals surface area contributed by atoms with E-state index in [4.69, 9.17) is 27.4 Å². The number of carbonyl (C=O) groups excluding carboxylic acids is 1. The van der Waals surface area contributed by atoms with E-state index in [2.05, 4.69) is 70.2 Å². The van der Waals surface area contributed by atoms with Crippen LogP contribution in [0.1, 0.15) is 59.4 Å². The van der Waals surface area contributed by atoms with Crippen molar-refractivity contribution in [2.24, 2.45) is 0 Å². The molecule has 4 aromatic carbocycles. The van der Waals surface area contributed by atoms with E-state index < -0.39 is 33.4 Å². The second-order valence-electron chi connectivity index (χ2n) is 19.6. The molecule has 28 nitrogen and oxygen atoms in total. The first-order chi connectivity index (χ1) is 44.4. The number of nitrogens with zero attached hydrogens (tertiary/aromatic N) is 11. The van der Waals surface area contributed by atoms with Gasteiger partial charge in [-0.25, -0.2) is 62.0 Å². The van der Waals surface area contributed by atoms with E-state index in [9.17, 15) is 52.2 Å². The van der Waals surface area contributed by atoms with E-state index in [0.717, 1.165) is 41.0 Å². The number of halogens is 4. The molecule has 0 amide bonds. The van der Waals surface area contributed by atoms with E-state index in [0.29, 0.717) is 84.6 Å². The van der Waals surface area contributed by atoms with Crippen LogP contribution < -0.4 is 17.2 Å².